The van der Waals surface area contributed by atoms with Crippen molar-refractivity contribution >= 4 is 0 Å². The van der Waals surface area contributed by atoms with Gasteiger partial charge in [-0.25, -0.2) is 0 Å². The second-order valence-corrected chi connectivity index (χ2v) is 5.02. The lowest BCUT2D eigenvalue weighted by atomic mass is 10.2. The first kappa shape index (κ1) is 14.9. The van der Waals surface area contributed by atoms with Gasteiger partial charge in [-0.3, -0.25) is 4.98 Å². The molecular formula is C14H25N3O. The number of hydrogen-bond donors (Lipinski definition) is 2. The van der Waals surface area contributed by atoms with Crippen LogP contribution in [0.1, 0.15) is 26.3 Å². The highest BCUT2D eigenvalue weighted by molar-refractivity contribution is 5.29. The molecule has 0 fully saturated rings. The number of methoxy groups -OCH3 is 1. The normalized spacial score (nSPS) is 12.7. The average Bonchev–Trinajstić information content (AvgIpc) is 2.36. The van der Waals surface area contributed by atoms with E-state index in [1.807, 2.05) is 6.07 Å². The van der Waals surface area contributed by atoms with Gasteiger partial charge in [0.1, 0.15) is 5.75 Å². The van der Waals surface area contributed by atoms with Crippen LogP contribution in [0.25, 0.3) is 0 Å². The molecule has 4 nitrogen and oxygen atoms in total. The number of pyridine rings is 1. The van der Waals surface area contributed by atoms with Gasteiger partial charge < -0.3 is 15.4 Å². The summed E-state index contributed by atoms with van der Waals surface area (Å²) in [5.41, 5.74) is 1.14. The van der Waals surface area contributed by atoms with Crippen molar-refractivity contribution < 1.29 is 4.74 Å². The predicted molar refractivity (Wildman–Crippen MR) is 74.8 cm³/mol. The summed E-state index contributed by atoms with van der Waals surface area (Å²) < 4.78 is 5.27. The van der Waals surface area contributed by atoms with Crippen LogP contribution in [0.5, 0.6) is 5.75 Å². The fourth-order valence-corrected chi connectivity index (χ4v) is 1.68. The zero-order valence-electron chi connectivity index (χ0n) is 11.9. The van der Waals surface area contributed by atoms with Crippen LogP contribution >= 0.6 is 0 Å². The van der Waals surface area contributed by atoms with E-state index in [4.69, 9.17) is 4.74 Å². The van der Waals surface area contributed by atoms with Crippen LogP contribution in [0.15, 0.2) is 18.5 Å². The van der Waals surface area contributed by atoms with Crippen LogP contribution in [0.4, 0.5) is 0 Å². The molecule has 0 spiro atoms. The number of hydrogen-bond acceptors (Lipinski definition) is 4. The van der Waals surface area contributed by atoms with E-state index < -0.39 is 0 Å². The second-order valence-electron chi connectivity index (χ2n) is 5.02. The van der Waals surface area contributed by atoms with E-state index in [1.165, 1.54) is 0 Å². The quantitative estimate of drug-likeness (QED) is 0.740. The van der Waals surface area contributed by atoms with E-state index in [0.717, 1.165) is 30.9 Å². The number of aromatic nitrogens is 1. The van der Waals surface area contributed by atoms with Crippen LogP contribution in [0, 0.1) is 5.92 Å². The molecule has 0 aliphatic rings. The number of ether oxygens (including phenoxy) is 1. The van der Waals surface area contributed by atoms with Crippen molar-refractivity contribution in [3.8, 4) is 5.75 Å². The Hall–Kier alpha value is -1.13. The van der Waals surface area contributed by atoms with Crippen molar-refractivity contribution in [3.05, 3.63) is 24.0 Å². The Labute approximate surface area is 110 Å². The van der Waals surface area contributed by atoms with E-state index in [2.05, 4.69) is 36.4 Å². The molecule has 0 amide bonds. The van der Waals surface area contributed by atoms with Gasteiger partial charge in [-0.05, 0) is 25.5 Å². The van der Waals surface area contributed by atoms with Crippen molar-refractivity contribution in [1.82, 2.24) is 15.6 Å². The summed E-state index contributed by atoms with van der Waals surface area (Å²) in [6.45, 7) is 9.45. The monoisotopic (exact) mass is 251 g/mol. The molecule has 0 saturated heterocycles. The van der Waals surface area contributed by atoms with Gasteiger partial charge in [-0.15, -0.1) is 0 Å². The van der Waals surface area contributed by atoms with Gasteiger partial charge in [-0.2, -0.15) is 0 Å². The maximum atomic E-state index is 5.27. The smallest absolute Gasteiger partial charge is 0.141 e. The molecule has 102 valence electrons. The number of nitrogens with zero attached hydrogens (tertiary/aromatic N) is 1. The van der Waals surface area contributed by atoms with E-state index in [-0.39, 0.29) is 0 Å². The van der Waals surface area contributed by atoms with Crippen molar-refractivity contribution in [1.29, 1.82) is 0 Å². The summed E-state index contributed by atoms with van der Waals surface area (Å²) in [7, 11) is 1.67. The van der Waals surface area contributed by atoms with Gasteiger partial charge in [0.25, 0.3) is 0 Å². The zero-order chi connectivity index (χ0) is 13.4. The van der Waals surface area contributed by atoms with E-state index >= 15 is 0 Å². The molecule has 1 atom stereocenters. The number of rotatable bonds is 8. The molecule has 0 bridgehead atoms. The van der Waals surface area contributed by atoms with E-state index in [1.54, 1.807) is 19.5 Å². The molecule has 1 rings (SSSR count). The van der Waals surface area contributed by atoms with E-state index in [0.29, 0.717) is 12.0 Å². The Bertz CT molecular complexity index is 342. The molecule has 18 heavy (non-hydrogen) atoms. The van der Waals surface area contributed by atoms with Gasteiger partial charge in [0.2, 0.25) is 0 Å². The zero-order valence-corrected chi connectivity index (χ0v) is 11.9. The molecule has 1 heterocycles. The maximum Gasteiger partial charge on any atom is 0.141 e. The molecule has 0 aliphatic carbocycles. The fourth-order valence-electron chi connectivity index (χ4n) is 1.68. The molecule has 1 aromatic heterocycles. The highest BCUT2D eigenvalue weighted by Gasteiger charge is 2.05. The van der Waals surface area contributed by atoms with Gasteiger partial charge in [0.05, 0.1) is 13.3 Å². The summed E-state index contributed by atoms with van der Waals surface area (Å²) in [5.74, 6) is 1.53. The first-order chi connectivity index (χ1) is 8.63. The topological polar surface area (TPSA) is 46.2 Å². The largest absolute Gasteiger partial charge is 0.495 e. The van der Waals surface area contributed by atoms with E-state index in [9.17, 15) is 0 Å². The molecule has 0 aliphatic heterocycles. The minimum atomic E-state index is 0.432. The average molecular weight is 251 g/mol. The third-order valence-corrected chi connectivity index (χ3v) is 2.73. The lowest BCUT2D eigenvalue weighted by Gasteiger charge is -2.16. The van der Waals surface area contributed by atoms with Gasteiger partial charge in [-0.1, -0.05) is 13.8 Å². The van der Waals surface area contributed by atoms with Crippen LogP contribution in [0.2, 0.25) is 0 Å². The Morgan fingerprint density at radius 1 is 1.28 bits per heavy atom. The summed E-state index contributed by atoms with van der Waals surface area (Å²) in [6, 6.07) is 2.42. The number of nitrogens with one attached hydrogen (secondary N) is 2. The van der Waals surface area contributed by atoms with Crippen LogP contribution in [-0.4, -0.2) is 31.2 Å². The molecule has 1 aromatic rings. The predicted octanol–water partition coefficient (Wildman–Crippen LogP) is 1.81. The Morgan fingerprint density at radius 3 is 2.72 bits per heavy atom. The highest BCUT2D eigenvalue weighted by atomic mass is 16.5. The van der Waals surface area contributed by atoms with Crippen molar-refractivity contribution in [2.24, 2.45) is 5.92 Å². The molecule has 0 saturated carbocycles. The molecular weight excluding hydrogens is 226 g/mol. The highest BCUT2D eigenvalue weighted by Crippen LogP contribution is 2.15. The summed E-state index contributed by atoms with van der Waals surface area (Å²) in [4.78, 5) is 4.05. The molecule has 1 unspecified atom stereocenters. The maximum absolute atomic E-state index is 5.27. The Balaban J connectivity index is 2.31. The molecule has 0 aromatic carbocycles. The van der Waals surface area contributed by atoms with Crippen molar-refractivity contribution in [2.75, 3.05) is 20.2 Å². The van der Waals surface area contributed by atoms with Crippen molar-refractivity contribution in [2.45, 2.75) is 33.4 Å². The SMILES string of the molecule is COc1cnccc1CNC(C)CNCC(C)C. The summed E-state index contributed by atoms with van der Waals surface area (Å²) >= 11 is 0. The summed E-state index contributed by atoms with van der Waals surface area (Å²) in [6.07, 6.45) is 3.54. The van der Waals surface area contributed by atoms with Gasteiger partial charge in [0, 0.05) is 30.9 Å². The van der Waals surface area contributed by atoms with Crippen LogP contribution < -0.4 is 15.4 Å². The lowest BCUT2D eigenvalue weighted by molar-refractivity contribution is 0.402. The second kappa shape index (κ2) is 8.06. The molecule has 0 radical (unpaired) electrons. The standard InChI is InChI=1S/C14H25N3O/c1-11(2)7-16-8-12(3)17-9-13-5-6-15-10-14(13)18-4/h5-6,10-12,16-17H,7-9H2,1-4H3. The third-order valence-electron chi connectivity index (χ3n) is 2.73. The van der Waals surface area contributed by atoms with Gasteiger partial charge >= 0.3 is 0 Å². The lowest BCUT2D eigenvalue weighted by Crippen LogP contribution is -2.37. The van der Waals surface area contributed by atoms with Gasteiger partial charge in [0.15, 0.2) is 0 Å². The summed E-state index contributed by atoms with van der Waals surface area (Å²) in [5, 5.41) is 6.92. The third kappa shape index (κ3) is 5.47. The first-order valence-corrected chi connectivity index (χ1v) is 6.54. The van der Waals surface area contributed by atoms with Crippen LogP contribution in [0.3, 0.4) is 0 Å². The van der Waals surface area contributed by atoms with Crippen LogP contribution in [-0.2, 0) is 6.54 Å². The molecule has 2 N–H and O–H groups in total. The first-order valence-electron chi connectivity index (χ1n) is 6.54. The Kier molecular flexibility index (Phi) is 6.68. The van der Waals surface area contributed by atoms with Crippen molar-refractivity contribution in [3.63, 3.8) is 0 Å². The molecule has 4 heteroatoms. The fraction of sp³-hybridized carbons (Fsp3) is 0.643. The Morgan fingerprint density at radius 2 is 2.06 bits per heavy atom. The minimum Gasteiger partial charge on any atom is -0.495 e. The minimum absolute atomic E-state index is 0.432.